The number of allylic oxidation sites excluding steroid dienone is 1. The van der Waals surface area contributed by atoms with Crippen LogP contribution < -0.4 is 0 Å². The number of ether oxygens (including phenoxy) is 1. The molecule has 0 N–H and O–H groups in total. The van der Waals surface area contributed by atoms with Gasteiger partial charge in [-0.25, -0.2) is 0 Å². The van der Waals surface area contributed by atoms with Gasteiger partial charge in [-0.2, -0.15) is 0 Å². The Hall–Kier alpha value is 0.270. The number of hydrogen-bond donors (Lipinski definition) is 0. The van der Waals surface area contributed by atoms with E-state index in [1.54, 1.807) is 6.26 Å². The van der Waals surface area contributed by atoms with Crippen molar-refractivity contribution in [2.75, 3.05) is 0 Å². The van der Waals surface area contributed by atoms with Gasteiger partial charge in [-0.15, -0.1) is 0 Å². The third kappa shape index (κ3) is 1.67. The van der Waals surface area contributed by atoms with Crippen molar-refractivity contribution in [1.29, 1.82) is 0 Å². The third-order valence-electron chi connectivity index (χ3n) is 0.883. The molecule has 1 aliphatic rings. The van der Waals surface area contributed by atoms with Gasteiger partial charge in [0.15, 0.2) is 0 Å². The van der Waals surface area contributed by atoms with Gasteiger partial charge in [-0.1, -0.05) is 0 Å². The first kappa shape index (κ1) is 5.41. The van der Waals surface area contributed by atoms with Gasteiger partial charge in [0, 0.05) is 0 Å². The first-order chi connectivity index (χ1) is 3.39. The van der Waals surface area contributed by atoms with E-state index in [9.17, 15) is 0 Å². The molecule has 40 valence electrons. The second-order valence-electron chi connectivity index (χ2n) is 1.50. The Balaban J connectivity index is 2.32. The lowest BCUT2D eigenvalue weighted by atomic mass is 10.3. The normalized spacial score (nSPS) is 29.6. The van der Waals surface area contributed by atoms with Crippen molar-refractivity contribution in [2.45, 2.75) is 17.0 Å². The summed E-state index contributed by atoms with van der Waals surface area (Å²) in [6, 6.07) is 0. The summed E-state index contributed by atoms with van der Waals surface area (Å²) in [6.45, 7) is 0. The van der Waals surface area contributed by atoms with Crippen molar-refractivity contribution in [3.63, 3.8) is 0 Å². The molecule has 0 radical (unpaired) electrons. The van der Waals surface area contributed by atoms with Crippen molar-refractivity contribution in [2.24, 2.45) is 0 Å². The summed E-state index contributed by atoms with van der Waals surface area (Å²) < 4.78 is 5.50. The van der Waals surface area contributed by atoms with Crippen molar-refractivity contribution in [3.05, 3.63) is 12.3 Å². The average molecular weight is 210 g/mol. The molecule has 0 aliphatic carbocycles. The Morgan fingerprint density at radius 2 is 2.57 bits per heavy atom. The second-order valence-corrected chi connectivity index (χ2v) is 2.88. The predicted molar refractivity (Wildman–Crippen MR) is 37.3 cm³/mol. The third-order valence-corrected chi connectivity index (χ3v) is 1.80. The number of halogens is 1. The average Bonchev–Trinajstić information content (AvgIpc) is 1.69. The molecule has 7 heavy (non-hydrogen) atoms. The number of alkyl halides is 1. The molecular formula is C5H7IO. The SMILES string of the molecule is I[C@@H]1CCC=CO1. The highest BCUT2D eigenvalue weighted by atomic mass is 127. The molecule has 0 aromatic heterocycles. The summed E-state index contributed by atoms with van der Waals surface area (Å²) in [4.78, 5) is 0. The van der Waals surface area contributed by atoms with Crippen LogP contribution in [-0.2, 0) is 4.74 Å². The molecule has 0 bridgehead atoms. The van der Waals surface area contributed by atoms with Gasteiger partial charge in [0.2, 0.25) is 0 Å². The van der Waals surface area contributed by atoms with E-state index in [-0.39, 0.29) is 0 Å². The van der Waals surface area contributed by atoms with Crippen molar-refractivity contribution >= 4 is 22.6 Å². The van der Waals surface area contributed by atoms with Crippen LogP contribution in [0.5, 0.6) is 0 Å². The van der Waals surface area contributed by atoms with Crippen LogP contribution in [0.2, 0.25) is 0 Å². The van der Waals surface area contributed by atoms with Gasteiger partial charge >= 0.3 is 0 Å². The molecule has 0 saturated heterocycles. The zero-order chi connectivity index (χ0) is 5.11. The molecule has 2 heteroatoms. The van der Waals surface area contributed by atoms with Crippen LogP contribution in [0.15, 0.2) is 12.3 Å². The molecule has 0 spiro atoms. The minimum Gasteiger partial charge on any atom is -0.488 e. The molecule has 0 amide bonds. The van der Waals surface area contributed by atoms with Crippen LogP contribution in [0, 0.1) is 0 Å². The summed E-state index contributed by atoms with van der Waals surface area (Å²) in [6.07, 6.45) is 6.17. The van der Waals surface area contributed by atoms with Gasteiger partial charge < -0.3 is 4.74 Å². The Kier molecular flexibility index (Phi) is 1.97. The van der Waals surface area contributed by atoms with E-state index in [2.05, 4.69) is 28.7 Å². The highest BCUT2D eigenvalue weighted by Crippen LogP contribution is 2.15. The maximum Gasteiger partial charge on any atom is 0.148 e. The van der Waals surface area contributed by atoms with Gasteiger partial charge in [-0.05, 0) is 41.5 Å². The maximum atomic E-state index is 5.08. The van der Waals surface area contributed by atoms with Crippen LogP contribution in [0.3, 0.4) is 0 Å². The zero-order valence-corrected chi connectivity index (χ0v) is 6.09. The molecule has 0 aromatic carbocycles. The van der Waals surface area contributed by atoms with E-state index in [1.165, 1.54) is 6.42 Å². The molecular weight excluding hydrogens is 203 g/mol. The lowest BCUT2D eigenvalue weighted by Gasteiger charge is -2.11. The standard InChI is InChI=1S/C5H7IO/c6-5-3-1-2-4-7-5/h2,4-5H,1,3H2/t5-/m0/s1. The Labute approximate surface area is 56.9 Å². The molecule has 0 unspecified atom stereocenters. The summed E-state index contributed by atoms with van der Waals surface area (Å²) in [5.74, 6) is 0. The van der Waals surface area contributed by atoms with Gasteiger partial charge in [0.25, 0.3) is 0 Å². The maximum absolute atomic E-state index is 5.08. The fraction of sp³-hybridized carbons (Fsp3) is 0.600. The van der Waals surface area contributed by atoms with Gasteiger partial charge in [-0.3, -0.25) is 0 Å². The van der Waals surface area contributed by atoms with E-state index in [4.69, 9.17) is 4.74 Å². The van der Waals surface area contributed by atoms with Crippen LogP contribution in [0.4, 0.5) is 0 Å². The van der Waals surface area contributed by atoms with E-state index in [0.717, 1.165) is 6.42 Å². The Morgan fingerprint density at radius 1 is 1.71 bits per heavy atom. The molecule has 0 saturated carbocycles. The van der Waals surface area contributed by atoms with Crippen LogP contribution in [-0.4, -0.2) is 4.11 Å². The first-order valence-electron chi connectivity index (χ1n) is 2.34. The zero-order valence-electron chi connectivity index (χ0n) is 3.93. The van der Waals surface area contributed by atoms with E-state index in [1.807, 2.05) is 0 Å². The molecule has 1 aliphatic heterocycles. The quantitative estimate of drug-likeness (QED) is 0.439. The Bertz CT molecular complexity index is 80.1. The van der Waals surface area contributed by atoms with Crippen molar-refractivity contribution < 1.29 is 4.74 Å². The smallest absolute Gasteiger partial charge is 0.148 e. The fourth-order valence-corrected chi connectivity index (χ4v) is 1.03. The molecule has 0 fully saturated rings. The van der Waals surface area contributed by atoms with Crippen molar-refractivity contribution in [3.8, 4) is 0 Å². The topological polar surface area (TPSA) is 9.23 Å². The van der Waals surface area contributed by atoms with E-state index < -0.39 is 0 Å². The Morgan fingerprint density at radius 3 is 2.86 bits per heavy atom. The lowest BCUT2D eigenvalue weighted by Crippen LogP contribution is -2.01. The summed E-state index contributed by atoms with van der Waals surface area (Å²) in [7, 11) is 0. The van der Waals surface area contributed by atoms with Crippen molar-refractivity contribution in [1.82, 2.24) is 0 Å². The monoisotopic (exact) mass is 210 g/mol. The van der Waals surface area contributed by atoms with E-state index >= 15 is 0 Å². The highest BCUT2D eigenvalue weighted by Gasteiger charge is 2.02. The number of hydrogen-bond acceptors (Lipinski definition) is 1. The molecule has 1 heterocycles. The fourth-order valence-electron chi connectivity index (χ4n) is 0.504. The highest BCUT2D eigenvalue weighted by molar-refractivity contribution is 14.1. The van der Waals surface area contributed by atoms with Gasteiger partial charge in [0.1, 0.15) is 4.11 Å². The van der Waals surface area contributed by atoms with Crippen LogP contribution in [0.1, 0.15) is 12.8 Å². The summed E-state index contributed by atoms with van der Waals surface area (Å²) in [5, 5.41) is 0. The van der Waals surface area contributed by atoms with Crippen LogP contribution in [0.25, 0.3) is 0 Å². The van der Waals surface area contributed by atoms with Gasteiger partial charge in [0.05, 0.1) is 6.26 Å². The summed E-state index contributed by atoms with van der Waals surface area (Å²) in [5.41, 5.74) is 0. The summed E-state index contributed by atoms with van der Waals surface area (Å²) >= 11 is 2.28. The minimum absolute atomic E-state index is 0.419. The molecule has 1 rings (SSSR count). The molecule has 1 atom stereocenters. The number of rotatable bonds is 0. The van der Waals surface area contributed by atoms with Crippen LogP contribution >= 0.6 is 22.6 Å². The lowest BCUT2D eigenvalue weighted by molar-refractivity contribution is 0.214. The molecule has 0 aromatic rings. The predicted octanol–water partition coefficient (Wildman–Crippen LogP) is 2.07. The minimum atomic E-state index is 0.419. The molecule has 1 nitrogen and oxygen atoms in total. The first-order valence-corrected chi connectivity index (χ1v) is 3.59. The largest absolute Gasteiger partial charge is 0.488 e. The van der Waals surface area contributed by atoms with E-state index in [0.29, 0.717) is 4.11 Å². The second kappa shape index (κ2) is 2.55.